The molecule has 2 atom stereocenters. The molecule has 0 aliphatic carbocycles. The zero-order chi connectivity index (χ0) is 21.6. The molecular weight excluding hydrogens is 376 g/mol. The lowest BCUT2D eigenvalue weighted by atomic mass is 10.1. The number of amides is 2. The maximum atomic E-state index is 13.0. The number of nitrogens with zero attached hydrogens (tertiary/aromatic N) is 3. The summed E-state index contributed by atoms with van der Waals surface area (Å²) in [6, 6.07) is 5.34. The summed E-state index contributed by atoms with van der Waals surface area (Å²) in [7, 11) is 0. The number of aromatic nitrogens is 1. The van der Waals surface area contributed by atoms with E-state index in [9.17, 15) is 19.7 Å². The molecule has 9 heteroatoms. The van der Waals surface area contributed by atoms with Gasteiger partial charge in [0.25, 0.3) is 17.5 Å². The van der Waals surface area contributed by atoms with Gasteiger partial charge in [-0.15, -0.1) is 0 Å². The Morgan fingerprint density at radius 1 is 1.21 bits per heavy atom. The number of nitro groups is 1. The second kappa shape index (κ2) is 9.81. The Labute approximate surface area is 169 Å². The summed E-state index contributed by atoms with van der Waals surface area (Å²) in [6.07, 6.45) is 2.76. The third kappa shape index (κ3) is 5.63. The van der Waals surface area contributed by atoms with Gasteiger partial charge in [0.1, 0.15) is 6.26 Å². The zero-order valence-corrected chi connectivity index (χ0v) is 17.0. The average molecular weight is 402 g/mol. The molecule has 0 saturated heterocycles. The highest BCUT2D eigenvalue weighted by Gasteiger charge is 2.24. The molecule has 0 radical (unpaired) electrons. The normalized spacial score (nSPS) is 12.8. The van der Waals surface area contributed by atoms with Crippen LogP contribution in [-0.2, 0) is 6.54 Å². The van der Waals surface area contributed by atoms with Gasteiger partial charge >= 0.3 is 0 Å². The summed E-state index contributed by atoms with van der Waals surface area (Å²) in [5.74, 6) is -0.376. The van der Waals surface area contributed by atoms with Crippen LogP contribution >= 0.6 is 0 Å². The van der Waals surface area contributed by atoms with E-state index in [0.717, 1.165) is 6.42 Å². The lowest BCUT2D eigenvalue weighted by molar-refractivity contribution is -0.384. The maximum Gasteiger partial charge on any atom is 0.273 e. The number of nitrogens with one attached hydrogen (secondary N) is 1. The highest BCUT2D eigenvalue weighted by Crippen LogP contribution is 2.18. The molecular formula is C20H26N4O5. The number of nitro benzene ring substituents is 1. The zero-order valence-electron chi connectivity index (χ0n) is 17.0. The van der Waals surface area contributed by atoms with Gasteiger partial charge in [0.05, 0.1) is 11.5 Å². The highest BCUT2D eigenvalue weighted by molar-refractivity contribution is 5.94. The first-order chi connectivity index (χ1) is 13.8. The summed E-state index contributed by atoms with van der Waals surface area (Å²) >= 11 is 0. The standard InChI is InChI=1S/C20H26N4O5/c1-5-13(3)21-19(25)17-12-29-18(22-17)11-23(14(4)6-2)20(26)15-7-9-16(10-8-15)24(27)28/h7-10,12-14H,5-6,11H2,1-4H3,(H,21,25)/t13-,14+/m0/s1. The average Bonchev–Trinajstić information content (AvgIpc) is 3.19. The van der Waals surface area contributed by atoms with Crippen molar-refractivity contribution in [1.82, 2.24) is 15.2 Å². The molecule has 2 amide bonds. The minimum absolute atomic E-state index is 0.0166. The Hall–Kier alpha value is -3.23. The van der Waals surface area contributed by atoms with Gasteiger partial charge in [0.2, 0.25) is 5.89 Å². The van der Waals surface area contributed by atoms with E-state index < -0.39 is 4.92 Å². The fraction of sp³-hybridized carbons (Fsp3) is 0.450. The van der Waals surface area contributed by atoms with Gasteiger partial charge in [-0.25, -0.2) is 4.98 Å². The van der Waals surface area contributed by atoms with Crippen molar-refractivity contribution in [3.8, 4) is 0 Å². The summed E-state index contributed by atoms with van der Waals surface area (Å²) in [6.45, 7) is 7.78. The molecule has 0 spiro atoms. The van der Waals surface area contributed by atoms with E-state index in [4.69, 9.17) is 4.42 Å². The predicted molar refractivity (Wildman–Crippen MR) is 106 cm³/mol. The van der Waals surface area contributed by atoms with E-state index in [1.165, 1.54) is 30.5 Å². The molecule has 1 aromatic heterocycles. The number of carbonyl (C=O) groups excluding carboxylic acids is 2. The van der Waals surface area contributed by atoms with Crippen LogP contribution in [0.3, 0.4) is 0 Å². The van der Waals surface area contributed by atoms with E-state index >= 15 is 0 Å². The number of oxazole rings is 1. The van der Waals surface area contributed by atoms with Crippen LogP contribution < -0.4 is 5.32 Å². The van der Waals surface area contributed by atoms with Gasteiger partial charge in [-0.05, 0) is 38.8 Å². The molecule has 2 rings (SSSR count). The van der Waals surface area contributed by atoms with Crippen molar-refractivity contribution in [1.29, 1.82) is 0 Å². The summed E-state index contributed by atoms with van der Waals surface area (Å²) in [5, 5.41) is 13.6. The highest BCUT2D eigenvalue weighted by atomic mass is 16.6. The van der Waals surface area contributed by atoms with E-state index in [-0.39, 0.29) is 47.7 Å². The molecule has 1 heterocycles. The van der Waals surface area contributed by atoms with Crippen molar-refractivity contribution in [3.05, 3.63) is 57.8 Å². The molecule has 0 aliphatic rings. The van der Waals surface area contributed by atoms with Gasteiger partial charge in [-0.2, -0.15) is 0 Å². The summed E-state index contributed by atoms with van der Waals surface area (Å²) in [4.78, 5) is 41.2. The summed E-state index contributed by atoms with van der Waals surface area (Å²) in [5.41, 5.74) is 0.408. The minimum Gasteiger partial charge on any atom is -0.446 e. The lowest BCUT2D eigenvalue weighted by Crippen LogP contribution is -2.38. The SMILES string of the molecule is CC[C@@H](C)N(Cc1nc(C(=O)N[C@@H](C)CC)co1)C(=O)c1ccc([N+](=O)[O-])cc1. The van der Waals surface area contributed by atoms with Crippen LogP contribution in [0.4, 0.5) is 5.69 Å². The van der Waals surface area contributed by atoms with Gasteiger partial charge in [-0.3, -0.25) is 19.7 Å². The number of carbonyl (C=O) groups is 2. The monoisotopic (exact) mass is 402 g/mol. The maximum absolute atomic E-state index is 13.0. The number of hydrogen-bond donors (Lipinski definition) is 1. The number of non-ortho nitro benzene ring substituents is 1. The largest absolute Gasteiger partial charge is 0.446 e. The first-order valence-corrected chi connectivity index (χ1v) is 9.57. The Bertz CT molecular complexity index is 862. The smallest absolute Gasteiger partial charge is 0.273 e. The van der Waals surface area contributed by atoms with Crippen LogP contribution in [0.15, 0.2) is 34.9 Å². The number of rotatable bonds is 9. The number of benzene rings is 1. The molecule has 0 aliphatic heterocycles. The Morgan fingerprint density at radius 3 is 2.41 bits per heavy atom. The first-order valence-electron chi connectivity index (χ1n) is 9.57. The summed E-state index contributed by atoms with van der Waals surface area (Å²) < 4.78 is 5.41. The van der Waals surface area contributed by atoms with E-state index in [2.05, 4.69) is 10.3 Å². The Morgan fingerprint density at radius 2 is 1.86 bits per heavy atom. The van der Waals surface area contributed by atoms with Crippen molar-refractivity contribution in [2.24, 2.45) is 0 Å². The van der Waals surface area contributed by atoms with Crippen LogP contribution in [0.1, 0.15) is 67.3 Å². The van der Waals surface area contributed by atoms with E-state index in [1.807, 2.05) is 27.7 Å². The van der Waals surface area contributed by atoms with Gasteiger partial charge in [-0.1, -0.05) is 13.8 Å². The van der Waals surface area contributed by atoms with Crippen molar-refractivity contribution < 1.29 is 18.9 Å². The predicted octanol–water partition coefficient (Wildman–Crippen LogP) is 3.55. The quantitative estimate of drug-likeness (QED) is 0.506. The van der Waals surface area contributed by atoms with Crippen molar-refractivity contribution >= 4 is 17.5 Å². The van der Waals surface area contributed by atoms with Gasteiger partial charge in [0, 0.05) is 29.8 Å². The Kier molecular flexibility index (Phi) is 7.46. The van der Waals surface area contributed by atoms with Gasteiger partial charge in [0.15, 0.2) is 5.69 Å². The van der Waals surface area contributed by atoms with Crippen LogP contribution in [-0.4, -0.2) is 38.7 Å². The number of hydrogen-bond acceptors (Lipinski definition) is 6. The van der Waals surface area contributed by atoms with E-state index in [1.54, 1.807) is 4.90 Å². The molecule has 0 bridgehead atoms. The molecule has 2 aromatic rings. The molecule has 1 aromatic carbocycles. The molecule has 0 fully saturated rings. The lowest BCUT2D eigenvalue weighted by Gasteiger charge is -2.27. The van der Waals surface area contributed by atoms with E-state index in [0.29, 0.717) is 12.0 Å². The van der Waals surface area contributed by atoms with Crippen LogP contribution in [0, 0.1) is 10.1 Å². The van der Waals surface area contributed by atoms with Crippen LogP contribution in [0.2, 0.25) is 0 Å². The van der Waals surface area contributed by atoms with Crippen molar-refractivity contribution in [3.63, 3.8) is 0 Å². The topological polar surface area (TPSA) is 119 Å². The molecule has 0 saturated carbocycles. The molecule has 1 N–H and O–H groups in total. The second-order valence-corrected chi connectivity index (χ2v) is 6.90. The third-order valence-corrected chi connectivity index (χ3v) is 4.79. The van der Waals surface area contributed by atoms with Gasteiger partial charge < -0.3 is 14.6 Å². The molecule has 9 nitrogen and oxygen atoms in total. The van der Waals surface area contributed by atoms with Crippen molar-refractivity contribution in [2.45, 2.75) is 59.2 Å². The third-order valence-electron chi connectivity index (χ3n) is 4.79. The minimum atomic E-state index is -0.514. The molecule has 29 heavy (non-hydrogen) atoms. The first kappa shape index (κ1) is 22.1. The fourth-order valence-corrected chi connectivity index (χ4v) is 2.57. The second-order valence-electron chi connectivity index (χ2n) is 6.90. The molecule has 156 valence electrons. The fourth-order valence-electron chi connectivity index (χ4n) is 2.57. The Balaban J connectivity index is 2.18. The van der Waals surface area contributed by atoms with Crippen LogP contribution in [0.5, 0.6) is 0 Å². The molecule has 0 unspecified atom stereocenters. The van der Waals surface area contributed by atoms with Crippen molar-refractivity contribution in [2.75, 3.05) is 0 Å². The van der Waals surface area contributed by atoms with Crippen LogP contribution in [0.25, 0.3) is 0 Å².